The summed E-state index contributed by atoms with van der Waals surface area (Å²) in [6, 6.07) is 5.99. The van der Waals surface area contributed by atoms with Gasteiger partial charge in [-0.25, -0.2) is 4.79 Å². The second kappa shape index (κ2) is 8.76. The lowest BCUT2D eigenvalue weighted by molar-refractivity contribution is -0.157. The number of carbonyl (C=O) groups excluding carboxylic acids is 1. The van der Waals surface area contributed by atoms with Gasteiger partial charge in [0, 0.05) is 0 Å². The summed E-state index contributed by atoms with van der Waals surface area (Å²) < 4.78 is 34.3. The van der Waals surface area contributed by atoms with Crippen molar-refractivity contribution < 1.29 is 27.6 Å². The van der Waals surface area contributed by atoms with E-state index >= 15 is 0 Å². The number of aliphatic hydroxyl groups is 1. The molecule has 0 aliphatic carbocycles. The van der Waals surface area contributed by atoms with Gasteiger partial charge in [0.25, 0.3) is 10.1 Å². The molecule has 0 radical (unpaired) electrons. The summed E-state index contributed by atoms with van der Waals surface area (Å²) in [5.74, 6) is -0.530. The molecule has 0 amide bonds. The molecule has 0 aromatic heterocycles. The third kappa shape index (κ3) is 8.44. The molecule has 0 spiro atoms. The van der Waals surface area contributed by atoms with Crippen LogP contribution in [0.2, 0.25) is 0 Å². The van der Waals surface area contributed by atoms with E-state index in [1.807, 2.05) is 6.92 Å². The largest absolute Gasteiger partial charge is 0.461 e. The molecule has 0 saturated carbocycles. The average molecular weight is 318 g/mol. The molecule has 21 heavy (non-hydrogen) atoms. The molecular formula is C14H22O6S. The first-order valence-electron chi connectivity index (χ1n) is 6.50. The van der Waals surface area contributed by atoms with Crippen LogP contribution in [0, 0.1) is 6.92 Å². The highest BCUT2D eigenvalue weighted by molar-refractivity contribution is 7.85. The Morgan fingerprint density at radius 3 is 2.05 bits per heavy atom. The summed E-state index contributed by atoms with van der Waals surface area (Å²) in [5.41, 5.74) is 0.956. The Kier molecular flexibility index (Phi) is 8.16. The van der Waals surface area contributed by atoms with Crippen LogP contribution < -0.4 is 0 Å². The van der Waals surface area contributed by atoms with Gasteiger partial charge in [-0.15, -0.1) is 0 Å². The smallest absolute Gasteiger partial charge is 0.335 e. The molecule has 1 aromatic carbocycles. The fourth-order valence-electron chi connectivity index (χ4n) is 1.19. The van der Waals surface area contributed by atoms with E-state index in [0.29, 0.717) is 6.42 Å². The number of hydrogen-bond donors (Lipinski definition) is 2. The molecule has 1 unspecified atom stereocenters. The van der Waals surface area contributed by atoms with Crippen LogP contribution in [0.1, 0.15) is 32.8 Å². The van der Waals surface area contributed by atoms with E-state index < -0.39 is 22.2 Å². The fourth-order valence-corrected chi connectivity index (χ4v) is 1.67. The first-order chi connectivity index (χ1) is 9.57. The second-order valence-electron chi connectivity index (χ2n) is 4.70. The van der Waals surface area contributed by atoms with Gasteiger partial charge in [0.2, 0.25) is 0 Å². The standard InChI is InChI=1S/C7H8O3S.C7H14O3/c1-6-2-4-7(5-3-6)11(8,9)10;1-4-6(8)7(9)10-5(2)3/h2-5H,1H3,(H,8,9,10);5-6,8H,4H2,1-3H3. The Labute approximate surface area is 125 Å². The van der Waals surface area contributed by atoms with Gasteiger partial charge in [-0.05, 0) is 39.3 Å². The molecule has 1 rings (SSSR count). The molecule has 0 heterocycles. The lowest BCUT2D eigenvalue weighted by Crippen LogP contribution is -2.24. The summed E-state index contributed by atoms with van der Waals surface area (Å²) >= 11 is 0. The highest BCUT2D eigenvalue weighted by Crippen LogP contribution is 2.08. The van der Waals surface area contributed by atoms with E-state index in [1.54, 1.807) is 32.9 Å². The van der Waals surface area contributed by atoms with Crippen molar-refractivity contribution in [3.63, 3.8) is 0 Å². The van der Waals surface area contributed by atoms with E-state index in [0.717, 1.165) is 5.56 Å². The van der Waals surface area contributed by atoms with Crippen LogP contribution in [0.15, 0.2) is 29.2 Å². The molecule has 0 aliphatic rings. The van der Waals surface area contributed by atoms with E-state index in [9.17, 15) is 13.2 Å². The predicted octanol–water partition coefficient (Wildman–Crippen LogP) is 1.95. The van der Waals surface area contributed by atoms with E-state index in [1.165, 1.54) is 12.1 Å². The Hall–Kier alpha value is -1.44. The summed E-state index contributed by atoms with van der Waals surface area (Å²) in [4.78, 5) is 10.6. The number of benzene rings is 1. The van der Waals surface area contributed by atoms with Crippen molar-refractivity contribution in [3.8, 4) is 0 Å². The third-order valence-electron chi connectivity index (χ3n) is 2.33. The van der Waals surface area contributed by atoms with Gasteiger partial charge < -0.3 is 9.84 Å². The van der Waals surface area contributed by atoms with Gasteiger partial charge in [-0.1, -0.05) is 24.6 Å². The zero-order valence-electron chi connectivity index (χ0n) is 12.6. The van der Waals surface area contributed by atoms with Gasteiger partial charge in [-0.3, -0.25) is 4.55 Å². The molecule has 0 fully saturated rings. The maximum absolute atomic E-state index is 10.7. The molecule has 120 valence electrons. The highest BCUT2D eigenvalue weighted by atomic mass is 32.2. The maximum atomic E-state index is 10.7. The molecule has 0 saturated heterocycles. The number of esters is 1. The molecule has 6 nitrogen and oxygen atoms in total. The third-order valence-corrected chi connectivity index (χ3v) is 3.20. The summed E-state index contributed by atoms with van der Waals surface area (Å²) in [6.07, 6.45) is -0.693. The van der Waals surface area contributed by atoms with Gasteiger partial charge >= 0.3 is 5.97 Å². The minimum Gasteiger partial charge on any atom is -0.461 e. The molecule has 0 bridgehead atoms. The van der Waals surface area contributed by atoms with Crippen LogP contribution in [0.4, 0.5) is 0 Å². The van der Waals surface area contributed by atoms with Crippen LogP contribution in [0.5, 0.6) is 0 Å². The SMILES string of the molecule is CCC(O)C(=O)OC(C)C.Cc1ccc(S(=O)(=O)O)cc1. The molecule has 7 heteroatoms. The Morgan fingerprint density at radius 1 is 1.24 bits per heavy atom. The van der Waals surface area contributed by atoms with Crippen LogP contribution in [0.3, 0.4) is 0 Å². The fraction of sp³-hybridized carbons (Fsp3) is 0.500. The summed E-state index contributed by atoms with van der Waals surface area (Å²) in [5, 5.41) is 8.90. The van der Waals surface area contributed by atoms with Crippen molar-refractivity contribution in [1.82, 2.24) is 0 Å². The van der Waals surface area contributed by atoms with Crippen LogP contribution >= 0.6 is 0 Å². The van der Waals surface area contributed by atoms with E-state index in [2.05, 4.69) is 0 Å². The lowest BCUT2D eigenvalue weighted by Gasteiger charge is -2.10. The molecule has 0 aliphatic heterocycles. The van der Waals surface area contributed by atoms with Crippen LogP contribution in [-0.2, 0) is 19.6 Å². The lowest BCUT2D eigenvalue weighted by atomic mass is 10.2. The van der Waals surface area contributed by atoms with Crippen molar-refractivity contribution in [1.29, 1.82) is 0 Å². The maximum Gasteiger partial charge on any atom is 0.335 e. The Balaban J connectivity index is 0.000000384. The average Bonchev–Trinajstić information content (AvgIpc) is 2.37. The van der Waals surface area contributed by atoms with E-state index in [4.69, 9.17) is 14.4 Å². The van der Waals surface area contributed by atoms with Gasteiger partial charge in [0.1, 0.15) is 0 Å². The first-order valence-corrected chi connectivity index (χ1v) is 7.94. The van der Waals surface area contributed by atoms with Crippen molar-refractivity contribution in [2.24, 2.45) is 0 Å². The summed E-state index contributed by atoms with van der Waals surface area (Å²) in [7, 11) is -4.02. The zero-order chi connectivity index (χ0) is 16.6. The number of carbonyl (C=O) groups is 1. The van der Waals surface area contributed by atoms with Crippen molar-refractivity contribution in [2.45, 2.75) is 51.2 Å². The number of hydrogen-bond acceptors (Lipinski definition) is 5. The molecule has 1 aromatic rings. The van der Waals surface area contributed by atoms with Crippen molar-refractivity contribution in [3.05, 3.63) is 29.8 Å². The van der Waals surface area contributed by atoms with Crippen molar-refractivity contribution in [2.75, 3.05) is 0 Å². The predicted molar refractivity (Wildman–Crippen MR) is 78.5 cm³/mol. The number of rotatable bonds is 4. The van der Waals surface area contributed by atoms with Crippen molar-refractivity contribution >= 4 is 16.1 Å². The molecule has 2 N–H and O–H groups in total. The number of aliphatic hydroxyl groups excluding tert-OH is 1. The summed E-state index contributed by atoms with van der Waals surface area (Å²) in [6.45, 7) is 7.07. The number of aryl methyl sites for hydroxylation is 1. The minimum atomic E-state index is -4.02. The monoisotopic (exact) mass is 318 g/mol. The zero-order valence-corrected chi connectivity index (χ0v) is 13.4. The highest BCUT2D eigenvalue weighted by Gasteiger charge is 2.14. The molecule has 1 atom stereocenters. The van der Waals surface area contributed by atoms with Crippen LogP contribution in [0.25, 0.3) is 0 Å². The van der Waals surface area contributed by atoms with Gasteiger partial charge in [0.05, 0.1) is 11.0 Å². The molecular weight excluding hydrogens is 296 g/mol. The minimum absolute atomic E-state index is 0.0666. The second-order valence-corrected chi connectivity index (χ2v) is 6.12. The Morgan fingerprint density at radius 2 is 1.71 bits per heavy atom. The Bertz CT molecular complexity index is 533. The quantitative estimate of drug-likeness (QED) is 0.650. The number of ether oxygens (including phenoxy) is 1. The topological polar surface area (TPSA) is 101 Å². The first kappa shape index (κ1) is 19.6. The van der Waals surface area contributed by atoms with Crippen LogP contribution in [-0.4, -0.2) is 36.3 Å². The normalized spacial score (nSPS) is 12.3. The van der Waals surface area contributed by atoms with E-state index in [-0.39, 0.29) is 11.0 Å². The van der Waals surface area contributed by atoms with Gasteiger partial charge in [-0.2, -0.15) is 8.42 Å². The van der Waals surface area contributed by atoms with Gasteiger partial charge in [0.15, 0.2) is 6.10 Å².